The Morgan fingerprint density at radius 1 is 1.40 bits per heavy atom. The standard InChI is InChI=1S/C11H19N3S/c1-3-9-5-4-6-10(7-9)12-11-14-13-8(2)15-11/h9-10H,3-7H2,1-2H3,(H,12,14). The highest BCUT2D eigenvalue weighted by Gasteiger charge is 2.21. The van der Waals surface area contributed by atoms with Gasteiger partial charge in [-0.15, -0.1) is 10.2 Å². The van der Waals surface area contributed by atoms with Gasteiger partial charge in [0.1, 0.15) is 5.01 Å². The van der Waals surface area contributed by atoms with Crippen molar-refractivity contribution in [1.82, 2.24) is 10.2 Å². The Morgan fingerprint density at radius 3 is 2.93 bits per heavy atom. The summed E-state index contributed by atoms with van der Waals surface area (Å²) in [5.74, 6) is 0.908. The monoisotopic (exact) mass is 225 g/mol. The number of hydrogen-bond acceptors (Lipinski definition) is 4. The van der Waals surface area contributed by atoms with Crippen molar-refractivity contribution in [2.24, 2.45) is 5.92 Å². The van der Waals surface area contributed by atoms with Crippen LogP contribution in [0, 0.1) is 12.8 Å². The van der Waals surface area contributed by atoms with E-state index in [1.54, 1.807) is 11.3 Å². The zero-order chi connectivity index (χ0) is 10.7. The first kappa shape index (κ1) is 10.9. The molecule has 15 heavy (non-hydrogen) atoms. The molecule has 0 aliphatic heterocycles. The van der Waals surface area contributed by atoms with Gasteiger partial charge in [0.05, 0.1) is 0 Å². The molecule has 1 aromatic heterocycles. The number of anilines is 1. The Bertz CT molecular complexity index is 311. The minimum Gasteiger partial charge on any atom is -0.357 e. The number of hydrogen-bond donors (Lipinski definition) is 1. The van der Waals surface area contributed by atoms with E-state index in [1.807, 2.05) is 6.92 Å². The number of aryl methyl sites for hydroxylation is 1. The predicted octanol–water partition coefficient (Wildman–Crippen LogP) is 3.23. The van der Waals surface area contributed by atoms with Gasteiger partial charge in [0, 0.05) is 6.04 Å². The third-order valence-electron chi connectivity index (χ3n) is 3.21. The van der Waals surface area contributed by atoms with Crippen molar-refractivity contribution in [1.29, 1.82) is 0 Å². The van der Waals surface area contributed by atoms with Gasteiger partial charge in [-0.05, 0) is 25.7 Å². The molecule has 1 aliphatic carbocycles. The summed E-state index contributed by atoms with van der Waals surface area (Å²) in [6.45, 7) is 4.29. The van der Waals surface area contributed by atoms with E-state index >= 15 is 0 Å². The van der Waals surface area contributed by atoms with Crippen molar-refractivity contribution in [2.45, 2.75) is 52.0 Å². The van der Waals surface area contributed by atoms with Crippen LogP contribution in [0.2, 0.25) is 0 Å². The van der Waals surface area contributed by atoms with Crippen LogP contribution in [0.25, 0.3) is 0 Å². The molecule has 0 aromatic carbocycles. The van der Waals surface area contributed by atoms with E-state index in [1.165, 1.54) is 32.1 Å². The van der Waals surface area contributed by atoms with Crippen molar-refractivity contribution in [3.8, 4) is 0 Å². The van der Waals surface area contributed by atoms with Crippen LogP contribution in [-0.4, -0.2) is 16.2 Å². The van der Waals surface area contributed by atoms with Crippen LogP contribution in [0.15, 0.2) is 0 Å². The SMILES string of the molecule is CCC1CCCC(Nc2nnc(C)s2)C1. The molecule has 1 heterocycles. The normalized spacial score (nSPS) is 26.5. The molecule has 2 unspecified atom stereocenters. The Balaban J connectivity index is 1.88. The molecule has 2 atom stereocenters. The zero-order valence-electron chi connectivity index (χ0n) is 9.49. The molecule has 1 saturated carbocycles. The Labute approximate surface area is 95.3 Å². The largest absolute Gasteiger partial charge is 0.357 e. The summed E-state index contributed by atoms with van der Waals surface area (Å²) in [6, 6.07) is 0.621. The molecule has 4 heteroatoms. The number of nitrogens with zero attached hydrogens (tertiary/aromatic N) is 2. The lowest BCUT2D eigenvalue weighted by Gasteiger charge is -2.28. The van der Waals surface area contributed by atoms with E-state index in [4.69, 9.17) is 0 Å². The first-order valence-corrected chi connectivity index (χ1v) is 6.66. The molecule has 0 radical (unpaired) electrons. The topological polar surface area (TPSA) is 37.8 Å². The molecular formula is C11H19N3S. The predicted molar refractivity (Wildman–Crippen MR) is 64.3 cm³/mol. The maximum absolute atomic E-state index is 4.12. The van der Waals surface area contributed by atoms with E-state index in [9.17, 15) is 0 Å². The average Bonchev–Trinajstić information content (AvgIpc) is 2.64. The molecule has 0 bridgehead atoms. The lowest BCUT2D eigenvalue weighted by molar-refractivity contribution is 0.327. The first-order chi connectivity index (χ1) is 7.28. The summed E-state index contributed by atoms with van der Waals surface area (Å²) in [5.41, 5.74) is 0. The van der Waals surface area contributed by atoms with Gasteiger partial charge < -0.3 is 5.32 Å². The fourth-order valence-corrected chi connectivity index (χ4v) is 2.99. The van der Waals surface area contributed by atoms with Crippen LogP contribution < -0.4 is 5.32 Å². The van der Waals surface area contributed by atoms with E-state index < -0.39 is 0 Å². The van der Waals surface area contributed by atoms with Crippen molar-refractivity contribution in [3.05, 3.63) is 5.01 Å². The van der Waals surface area contributed by atoms with Crippen molar-refractivity contribution in [3.63, 3.8) is 0 Å². The Morgan fingerprint density at radius 2 is 2.27 bits per heavy atom. The second-order valence-electron chi connectivity index (χ2n) is 4.41. The third kappa shape index (κ3) is 2.91. The summed E-state index contributed by atoms with van der Waals surface area (Å²) in [6.07, 6.45) is 6.66. The van der Waals surface area contributed by atoms with Crippen LogP contribution in [0.1, 0.15) is 44.0 Å². The minimum atomic E-state index is 0.621. The quantitative estimate of drug-likeness (QED) is 0.858. The van der Waals surface area contributed by atoms with Gasteiger partial charge in [-0.2, -0.15) is 0 Å². The van der Waals surface area contributed by atoms with Gasteiger partial charge >= 0.3 is 0 Å². The molecule has 1 N–H and O–H groups in total. The van der Waals surface area contributed by atoms with Crippen LogP contribution in [0.4, 0.5) is 5.13 Å². The maximum atomic E-state index is 4.12. The van der Waals surface area contributed by atoms with Crippen LogP contribution >= 0.6 is 11.3 Å². The fraction of sp³-hybridized carbons (Fsp3) is 0.818. The van der Waals surface area contributed by atoms with E-state index in [2.05, 4.69) is 22.4 Å². The second kappa shape index (κ2) is 4.92. The van der Waals surface area contributed by atoms with E-state index in [0.29, 0.717) is 6.04 Å². The van der Waals surface area contributed by atoms with Gasteiger partial charge in [-0.3, -0.25) is 0 Å². The number of rotatable bonds is 3. The molecule has 84 valence electrons. The average molecular weight is 225 g/mol. The van der Waals surface area contributed by atoms with Gasteiger partial charge in [0.15, 0.2) is 0 Å². The maximum Gasteiger partial charge on any atom is 0.205 e. The van der Waals surface area contributed by atoms with E-state index in [-0.39, 0.29) is 0 Å². The fourth-order valence-electron chi connectivity index (χ4n) is 2.32. The first-order valence-electron chi connectivity index (χ1n) is 5.84. The van der Waals surface area contributed by atoms with Crippen molar-refractivity contribution >= 4 is 16.5 Å². The van der Waals surface area contributed by atoms with Gasteiger partial charge in [-0.1, -0.05) is 37.5 Å². The molecule has 0 amide bonds. The third-order valence-corrected chi connectivity index (χ3v) is 3.98. The highest BCUT2D eigenvalue weighted by atomic mass is 32.1. The molecule has 0 saturated heterocycles. The minimum absolute atomic E-state index is 0.621. The Hall–Kier alpha value is -0.640. The van der Waals surface area contributed by atoms with Crippen molar-refractivity contribution in [2.75, 3.05) is 5.32 Å². The van der Waals surface area contributed by atoms with Gasteiger partial charge in [0.25, 0.3) is 0 Å². The molecule has 3 nitrogen and oxygen atoms in total. The number of nitrogens with one attached hydrogen (secondary N) is 1. The summed E-state index contributed by atoms with van der Waals surface area (Å²) in [4.78, 5) is 0. The molecule has 1 aromatic rings. The highest BCUT2D eigenvalue weighted by Crippen LogP contribution is 2.29. The molecular weight excluding hydrogens is 206 g/mol. The summed E-state index contributed by atoms with van der Waals surface area (Å²) in [7, 11) is 0. The summed E-state index contributed by atoms with van der Waals surface area (Å²) in [5, 5.41) is 13.7. The Kier molecular flexibility index (Phi) is 3.57. The summed E-state index contributed by atoms with van der Waals surface area (Å²) >= 11 is 1.66. The van der Waals surface area contributed by atoms with Gasteiger partial charge in [0.2, 0.25) is 5.13 Å². The summed E-state index contributed by atoms with van der Waals surface area (Å²) < 4.78 is 0. The lowest BCUT2D eigenvalue weighted by atomic mass is 9.84. The molecule has 0 spiro atoms. The smallest absolute Gasteiger partial charge is 0.205 e. The highest BCUT2D eigenvalue weighted by molar-refractivity contribution is 7.15. The zero-order valence-corrected chi connectivity index (χ0v) is 10.3. The van der Waals surface area contributed by atoms with Crippen LogP contribution in [-0.2, 0) is 0 Å². The van der Waals surface area contributed by atoms with Crippen LogP contribution in [0.5, 0.6) is 0 Å². The number of aromatic nitrogens is 2. The van der Waals surface area contributed by atoms with Crippen LogP contribution in [0.3, 0.4) is 0 Å². The van der Waals surface area contributed by atoms with Gasteiger partial charge in [-0.25, -0.2) is 0 Å². The molecule has 1 fully saturated rings. The van der Waals surface area contributed by atoms with E-state index in [0.717, 1.165) is 16.1 Å². The second-order valence-corrected chi connectivity index (χ2v) is 5.59. The molecule has 1 aliphatic rings. The molecule has 2 rings (SSSR count). The van der Waals surface area contributed by atoms with Crippen molar-refractivity contribution < 1.29 is 0 Å². The lowest BCUT2D eigenvalue weighted by Crippen LogP contribution is -2.26.